The quantitative estimate of drug-likeness (QED) is 0.822. The van der Waals surface area contributed by atoms with Crippen molar-refractivity contribution < 1.29 is 5.11 Å². The Hall–Kier alpha value is -0.470. The summed E-state index contributed by atoms with van der Waals surface area (Å²) in [6.07, 6.45) is 3.52. The van der Waals surface area contributed by atoms with Crippen LogP contribution in [0.2, 0.25) is 0 Å². The summed E-state index contributed by atoms with van der Waals surface area (Å²) in [5.41, 5.74) is 0. The molecule has 1 aromatic rings. The van der Waals surface area contributed by atoms with Crippen molar-refractivity contribution in [3.05, 3.63) is 30.3 Å². The zero-order valence-electron chi connectivity index (χ0n) is 11.4. The van der Waals surface area contributed by atoms with Crippen LogP contribution in [0.3, 0.4) is 0 Å². The van der Waals surface area contributed by atoms with Gasteiger partial charge in [0.2, 0.25) is 0 Å². The lowest BCUT2D eigenvalue weighted by molar-refractivity contribution is 0.0729. The largest absolute Gasteiger partial charge is 0.392 e. The minimum atomic E-state index is -0.148. The molecule has 1 N–H and O–H groups in total. The summed E-state index contributed by atoms with van der Waals surface area (Å²) >= 11 is 1.77. The summed E-state index contributed by atoms with van der Waals surface area (Å²) in [4.78, 5) is 1.26. The average molecular weight is 264 g/mol. The third-order valence-electron chi connectivity index (χ3n) is 4.35. The highest BCUT2D eigenvalue weighted by atomic mass is 32.2. The highest BCUT2D eigenvalue weighted by molar-refractivity contribution is 7.99. The fourth-order valence-corrected chi connectivity index (χ4v) is 3.76. The molecule has 2 heteroatoms. The highest BCUT2D eigenvalue weighted by Gasteiger charge is 2.29. The van der Waals surface area contributed by atoms with Gasteiger partial charge in [0.05, 0.1) is 6.10 Å². The molecule has 0 spiro atoms. The highest BCUT2D eigenvalue weighted by Crippen LogP contribution is 2.36. The minimum absolute atomic E-state index is 0.148. The van der Waals surface area contributed by atoms with Crippen molar-refractivity contribution >= 4 is 11.8 Å². The van der Waals surface area contributed by atoms with Crippen LogP contribution < -0.4 is 0 Å². The van der Waals surface area contributed by atoms with Gasteiger partial charge in [-0.1, -0.05) is 38.5 Å². The number of hydrogen-bond acceptors (Lipinski definition) is 2. The second-order valence-corrected chi connectivity index (χ2v) is 6.81. The molecule has 18 heavy (non-hydrogen) atoms. The van der Waals surface area contributed by atoms with Gasteiger partial charge in [-0.2, -0.15) is 0 Å². The second-order valence-electron chi connectivity index (χ2n) is 5.72. The zero-order chi connectivity index (χ0) is 13.0. The lowest BCUT2D eigenvalue weighted by Crippen LogP contribution is -2.30. The molecule has 1 aromatic carbocycles. The molecular formula is C16H24OS. The smallest absolute Gasteiger partial charge is 0.0662 e. The van der Waals surface area contributed by atoms with Gasteiger partial charge in [0.25, 0.3) is 0 Å². The van der Waals surface area contributed by atoms with E-state index in [4.69, 9.17) is 0 Å². The van der Waals surface area contributed by atoms with Crippen LogP contribution in [-0.4, -0.2) is 17.0 Å². The van der Waals surface area contributed by atoms with Gasteiger partial charge in [-0.15, -0.1) is 11.8 Å². The van der Waals surface area contributed by atoms with Crippen LogP contribution in [0.4, 0.5) is 0 Å². The number of rotatable bonds is 4. The van der Waals surface area contributed by atoms with Crippen molar-refractivity contribution in [2.45, 2.75) is 44.1 Å². The average Bonchev–Trinajstić information content (AvgIpc) is 2.40. The Labute approximate surface area is 115 Å². The van der Waals surface area contributed by atoms with Crippen LogP contribution in [0, 0.1) is 17.8 Å². The first kappa shape index (κ1) is 14.0. The van der Waals surface area contributed by atoms with E-state index in [0.29, 0.717) is 5.92 Å². The molecule has 1 aliphatic rings. The SMILES string of the molecule is CC1CCC(C(O)CSc2ccccc2)CC1C. The maximum Gasteiger partial charge on any atom is 0.0662 e. The van der Waals surface area contributed by atoms with Gasteiger partial charge in [-0.05, 0) is 42.7 Å². The van der Waals surface area contributed by atoms with Crippen molar-refractivity contribution in [2.75, 3.05) is 5.75 Å². The maximum atomic E-state index is 10.3. The van der Waals surface area contributed by atoms with E-state index in [1.54, 1.807) is 11.8 Å². The van der Waals surface area contributed by atoms with Gasteiger partial charge >= 0.3 is 0 Å². The third kappa shape index (κ3) is 3.76. The van der Waals surface area contributed by atoms with E-state index in [2.05, 4.69) is 38.1 Å². The number of thioether (sulfide) groups is 1. The van der Waals surface area contributed by atoms with Crippen LogP contribution in [0.5, 0.6) is 0 Å². The fourth-order valence-electron chi connectivity index (χ4n) is 2.77. The Bertz CT molecular complexity index is 351. The lowest BCUT2D eigenvalue weighted by Gasteiger charge is -2.34. The second kappa shape index (κ2) is 6.63. The van der Waals surface area contributed by atoms with Gasteiger partial charge in [0.1, 0.15) is 0 Å². The normalized spacial score (nSPS) is 30.1. The predicted octanol–water partition coefficient (Wildman–Crippen LogP) is 4.21. The summed E-state index contributed by atoms with van der Waals surface area (Å²) in [6, 6.07) is 10.4. The van der Waals surface area contributed by atoms with Crippen LogP contribution in [-0.2, 0) is 0 Å². The lowest BCUT2D eigenvalue weighted by atomic mass is 9.74. The van der Waals surface area contributed by atoms with E-state index >= 15 is 0 Å². The molecule has 1 aliphatic carbocycles. The van der Waals surface area contributed by atoms with Crippen LogP contribution in [0.1, 0.15) is 33.1 Å². The first-order valence-electron chi connectivity index (χ1n) is 7.02. The Morgan fingerprint density at radius 1 is 1.17 bits per heavy atom. The topological polar surface area (TPSA) is 20.2 Å². The summed E-state index contributed by atoms with van der Waals surface area (Å²) in [6.45, 7) is 4.67. The Kier molecular flexibility index (Phi) is 5.13. The summed E-state index contributed by atoms with van der Waals surface area (Å²) in [5, 5.41) is 10.3. The molecular weight excluding hydrogens is 240 g/mol. The first-order chi connectivity index (χ1) is 8.66. The minimum Gasteiger partial charge on any atom is -0.392 e. The Morgan fingerprint density at radius 2 is 1.89 bits per heavy atom. The zero-order valence-corrected chi connectivity index (χ0v) is 12.2. The van der Waals surface area contributed by atoms with Gasteiger partial charge in [-0.25, -0.2) is 0 Å². The molecule has 0 aromatic heterocycles. The van der Waals surface area contributed by atoms with E-state index in [-0.39, 0.29) is 6.10 Å². The number of benzene rings is 1. The van der Waals surface area contributed by atoms with E-state index in [1.807, 2.05) is 6.07 Å². The molecule has 4 unspecified atom stereocenters. The molecule has 0 heterocycles. The molecule has 1 nitrogen and oxygen atoms in total. The van der Waals surface area contributed by atoms with Crippen molar-refractivity contribution in [3.8, 4) is 0 Å². The van der Waals surface area contributed by atoms with Gasteiger partial charge < -0.3 is 5.11 Å². The summed E-state index contributed by atoms with van der Waals surface area (Å²) < 4.78 is 0. The van der Waals surface area contributed by atoms with Gasteiger partial charge in [0, 0.05) is 10.6 Å². The molecule has 100 valence electrons. The van der Waals surface area contributed by atoms with E-state index in [9.17, 15) is 5.11 Å². The first-order valence-corrected chi connectivity index (χ1v) is 8.01. The van der Waals surface area contributed by atoms with Gasteiger partial charge in [0.15, 0.2) is 0 Å². The van der Waals surface area contributed by atoms with E-state index in [0.717, 1.165) is 17.6 Å². The van der Waals surface area contributed by atoms with Crippen molar-refractivity contribution in [1.82, 2.24) is 0 Å². The summed E-state index contributed by atoms with van der Waals surface area (Å²) in [5.74, 6) is 2.93. The van der Waals surface area contributed by atoms with E-state index in [1.165, 1.54) is 24.2 Å². The molecule has 0 aliphatic heterocycles. The van der Waals surface area contributed by atoms with Crippen LogP contribution in [0.25, 0.3) is 0 Å². The predicted molar refractivity (Wildman–Crippen MR) is 78.8 cm³/mol. The monoisotopic (exact) mass is 264 g/mol. The third-order valence-corrected chi connectivity index (χ3v) is 5.46. The molecule has 0 saturated heterocycles. The van der Waals surface area contributed by atoms with E-state index < -0.39 is 0 Å². The molecule has 1 saturated carbocycles. The van der Waals surface area contributed by atoms with Gasteiger partial charge in [-0.3, -0.25) is 0 Å². The maximum absolute atomic E-state index is 10.3. The van der Waals surface area contributed by atoms with Crippen molar-refractivity contribution in [1.29, 1.82) is 0 Å². The number of aliphatic hydroxyl groups is 1. The molecule has 2 rings (SSSR count). The molecule has 0 amide bonds. The molecule has 0 radical (unpaired) electrons. The number of hydrogen-bond donors (Lipinski definition) is 1. The Morgan fingerprint density at radius 3 is 2.56 bits per heavy atom. The number of aliphatic hydroxyl groups excluding tert-OH is 1. The summed E-state index contributed by atoms with van der Waals surface area (Å²) in [7, 11) is 0. The molecule has 0 bridgehead atoms. The van der Waals surface area contributed by atoms with Crippen molar-refractivity contribution in [3.63, 3.8) is 0 Å². The standard InChI is InChI=1S/C16H24OS/c1-12-8-9-14(10-13(12)2)16(17)11-18-15-6-4-3-5-7-15/h3-7,12-14,16-17H,8-11H2,1-2H3. The fraction of sp³-hybridized carbons (Fsp3) is 0.625. The molecule has 1 fully saturated rings. The van der Waals surface area contributed by atoms with Crippen molar-refractivity contribution in [2.24, 2.45) is 17.8 Å². The molecule has 4 atom stereocenters. The van der Waals surface area contributed by atoms with Crippen LogP contribution >= 0.6 is 11.8 Å². The van der Waals surface area contributed by atoms with Crippen LogP contribution in [0.15, 0.2) is 35.2 Å². The Balaban J connectivity index is 1.80.